The van der Waals surface area contributed by atoms with E-state index in [2.05, 4.69) is 0 Å². The Bertz CT molecular complexity index is 285. The Morgan fingerprint density at radius 1 is 1.47 bits per heavy atom. The number of carbonyl (C=O) groups is 1. The van der Waals surface area contributed by atoms with Crippen LogP contribution >= 0.6 is 0 Å². The molecule has 0 aromatic rings. The second-order valence-electron chi connectivity index (χ2n) is 4.93. The van der Waals surface area contributed by atoms with Crippen molar-refractivity contribution in [2.45, 2.75) is 45.5 Å². The van der Waals surface area contributed by atoms with Crippen molar-refractivity contribution in [2.75, 3.05) is 6.61 Å². The first-order valence-corrected chi connectivity index (χ1v) is 6.13. The molecule has 17 heavy (non-hydrogen) atoms. The number of carbonyl (C=O) groups excluding carboxylic acids is 1. The first kappa shape index (κ1) is 14.1. The van der Waals surface area contributed by atoms with E-state index in [1.807, 2.05) is 0 Å². The topological polar surface area (TPSA) is 26.3 Å². The Hall–Kier alpha value is -0.930. The van der Waals surface area contributed by atoms with Crippen molar-refractivity contribution in [2.24, 2.45) is 11.8 Å². The summed E-state index contributed by atoms with van der Waals surface area (Å²) < 4.78 is 31.4. The molecule has 0 saturated carbocycles. The van der Waals surface area contributed by atoms with Gasteiger partial charge in [0, 0.05) is 6.42 Å². The standard InChI is InChI=1S/C13H20F2O2/c1-10(2)12(16)17-9-11-5-3-4-7-13(14,15)8-6-11/h4,7,10-11H,3,5-6,8-9H2,1-2H3/b7-4-. The average molecular weight is 246 g/mol. The Morgan fingerprint density at radius 3 is 2.82 bits per heavy atom. The molecule has 1 aliphatic rings. The van der Waals surface area contributed by atoms with Crippen molar-refractivity contribution in [1.82, 2.24) is 0 Å². The summed E-state index contributed by atoms with van der Waals surface area (Å²) in [4.78, 5) is 11.3. The molecule has 0 aromatic heterocycles. The van der Waals surface area contributed by atoms with Crippen molar-refractivity contribution in [3.63, 3.8) is 0 Å². The van der Waals surface area contributed by atoms with E-state index >= 15 is 0 Å². The molecule has 98 valence electrons. The number of halogens is 2. The highest BCUT2D eigenvalue weighted by molar-refractivity contribution is 5.71. The third-order valence-corrected chi connectivity index (χ3v) is 2.92. The van der Waals surface area contributed by atoms with E-state index in [1.165, 1.54) is 6.08 Å². The maximum absolute atomic E-state index is 13.2. The average Bonchev–Trinajstić information content (AvgIpc) is 2.23. The third-order valence-electron chi connectivity index (χ3n) is 2.92. The monoisotopic (exact) mass is 246 g/mol. The van der Waals surface area contributed by atoms with E-state index in [-0.39, 0.29) is 30.8 Å². The summed E-state index contributed by atoms with van der Waals surface area (Å²) in [5.74, 6) is -3.08. The van der Waals surface area contributed by atoms with Gasteiger partial charge in [-0.2, -0.15) is 0 Å². The number of hydrogen-bond acceptors (Lipinski definition) is 2. The Kier molecular flexibility index (Phi) is 5.09. The number of allylic oxidation sites excluding steroid dienone is 2. The van der Waals surface area contributed by atoms with Gasteiger partial charge in [0.05, 0.1) is 12.5 Å². The van der Waals surface area contributed by atoms with Gasteiger partial charge in [0.15, 0.2) is 0 Å². The first-order valence-electron chi connectivity index (χ1n) is 6.13. The summed E-state index contributed by atoms with van der Waals surface area (Å²) >= 11 is 0. The molecule has 1 rings (SSSR count). The fraction of sp³-hybridized carbons (Fsp3) is 0.769. The summed E-state index contributed by atoms with van der Waals surface area (Å²) in [6, 6.07) is 0. The van der Waals surface area contributed by atoms with Crippen LogP contribution in [0.2, 0.25) is 0 Å². The highest BCUT2D eigenvalue weighted by Gasteiger charge is 2.28. The molecule has 0 heterocycles. The molecule has 1 aliphatic carbocycles. The number of alkyl halides is 2. The quantitative estimate of drug-likeness (QED) is 0.562. The fourth-order valence-corrected chi connectivity index (χ4v) is 1.75. The van der Waals surface area contributed by atoms with Crippen LogP contribution in [0.3, 0.4) is 0 Å². The van der Waals surface area contributed by atoms with Gasteiger partial charge >= 0.3 is 5.97 Å². The van der Waals surface area contributed by atoms with E-state index in [1.54, 1.807) is 13.8 Å². The molecule has 0 spiro atoms. The maximum atomic E-state index is 13.2. The van der Waals surface area contributed by atoms with E-state index in [0.717, 1.165) is 12.5 Å². The van der Waals surface area contributed by atoms with Gasteiger partial charge in [-0.3, -0.25) is 4.79 Å². The van der Waals surface area contributed by atoms with Gasteiger partial charge in [-0.25, -0.2) is 8.78 Å². The summed E-state index contributed by atoms with van der Waals surface area (Å²) in [6.07, 6.45) is 4.19. The van der Waals surface area contributed by atoms with Gasteiger partial charge in [-0.05, 0) is 31.3 Å². The second-order valence-corrected chi connectivity index (χ2v) is 4.93. The molecular weight excluding hydrogens is 226 g/mol. The zero-order valence-electron chi connectivity index (χ0n) is 10.4. The van der Waals surface area contributed by atoms with Crippen molar-refractivity contribution in [3.8, 4) is 0 Å². The first-order chi connectivity index (χ1) is 7.91. The van der Waals surface area contributed by atoms with E-state index < -0.39 is 5.92 Å². The van der Waals surface area contributed by atoms with Gasteiger partial charge in [0.2, 0.25) is 0 Å². The highest BCUT2D eigenvalue weighted by atomic mass is 19.3. The van der Waals surface area contributed by atoms with Crippen LogP contribution in [-0.4, -0.2) is 18.5 Å². The van der Waals surface area contributed by atoms with Gasteiger partial charge in [0.25, 0.3) is 5.92 Å². The van der Waals surface area contributed by atoms with Crippen molar-refractivity contribution >= 4 is 5.97 Å². The summed E-state index contributed by atoms with van der Waals surface area (Å²) in [7, 11) is 0. The molecule has 0 aliphatic heterocycles. The van der Waals surface area contributed by atoms with Crippen molar-refractivity contribution in [3.05, 3.63) is 12.2 Å². The smallest absolute Gasteiger partial charge is 0.308 e. The second kappa shape index (κ2) is 6.12. The number of hydrogen-bond donors (Lipinski definition) is 0. The van der Waals surface area contributed by atoms with Crippen LogP contribution in [0.1, 0.15) is 39.5 Å². The van der Waals surface area contributed by atoms with Crippen molar-refractivity contribution in [1.29, 1.82) is 0 Å². The van der Waals surface area contributed by atoms with Crippen LogP contribution in [0.5, 0.6) is 0 Å². The van der Waals surface area contributed by atoms with Crippen LogP contribution in [-0.2, 0) is 9.53 Å². The van der Waals surface area contributed by atoms with Crippen LogP contribution in [0.15, 0.2) is 12.2 Å². The minimum atomic E-state index is -2.71. The Balaban J connectivity index is 2.40. The van der Waals surface area contributed by atoms with E-state index in [4.69, 9.17) is 4.74 Å². The van der Waals surface area contributed by atoms with Crippen molar-refractivity contribution < 1.29 is 18.3 Å². The largest absolute Gasteiger partial charge is 0.465 e. The molecular formula is C13H20F2O2. The molecule has 0 fully saturated rings. The predicted molar refractivity (Wildman–Crippen MR) is 61.8 cm³/mol. The molecule has 0 saturated heterocycles. The lowest BCUT2D eigenvalue weighted by molar-refractivity contribution is -0.149. The van der Waals surface area contributed by atoms with Crippen LogP contribution in [0.25, 0.3) is 0 Å². The Morgan fingerprint density at radius 2 is 2.18 bits per heavy atom. The molecule has 1 unspecified atom stereocenters. The van der Waals surface area contributed by atoms with E-state index in [0.29, 0.717) is 12.8 Å². The lowest BCUT2D eigenvalue weighted by atomic mass is 9.93. The molecule has 0 N–H and O–H groups in total. The molecule has 1 atom stereocenters. The van der Waals surface area contributed by atoms with Gasteiger partial charge in [-0.1, -0.05) is 19.9 Å². The number of esters is 1. The van der Waals surface area contributed by atoms with E-state index in [9.17, 15) is 13.6 Å². The number of rotatable bonds is 3. The van der Waals surface area contributed by atoms with Crippen LogP contribution in [0.4, 0.5) is 8.78 Å². The lowest BCUT2D eigenvalue weighted by Gasteiger charge is -2.21. The normalized spacial score (nSPS) is 26.1. The Labute approximate surface area is 101 Å². The molecule has 2 nitrogen and oxygen atoms in total. The molecule has 4 heteroatoms. The predicted octanol–water partition coefficient (Wildman–Crippen LogP) is 3.57. The summed E-state index contributed by atoms with van der Waals surface area (Å²) in [5, 5.41) is 0. The van der Waals surface area contributed by atoms with Gasteiger partial charge in [-0.15, -0.1) is 0 Å². The zero-order valence-corrected chi connectivity index (χ0v) is 10.4. The van der Waals surface area contributed by atoms with Gasteiger partial charge < -0.3 is 4.74 Å². The maximum Gasteiger partial charge on any atom is 0.308 e. The minimum Gasteiger partial charge on any atom is -0.465 e. The molecule has 0 radical (unpaired) electrons. The zero-order chi connectivity index (χ0) is 12.9. The SMILES string of the molecule is CC(C)C(=O)OCC1CC/C=C\C(F)(F)CC1. The molecule has 0 amide bonds. The van der Waals surface area contributed by atoms with Crippen LogP contribution < -0.4 is 0 Å². The number of ether oxygens (including phenoxy) is 1. The third kappa shape index (κ3) is 5.29. The van der Waals surface area contributed by atoms with Crippen LogP contribution in [0, 0.1) is 11.8 Å². The molecule has 0 bridgehead atoms. The summed E-state index contributed by atoms with van der Waals surface area (Å²) in [6.45, 7) is 3.79. The summed E-state index contributed by atoms with van der Waals surface area (Å²) in [5.41, 5.74) is 0. The minimum absolute atomic E-state index is 0.0496. The fourth-order valence-electron chi connectivity index (χ4n) is 1.75. The lowest BCUT2D eigenvalue weighted by Crippen LogP contribution is -2.22. The van der Waals surface area contributed by atoms with Gasteiger partial charge in [0.1, 0.15) is 0 Å². The molecule has 0 aromatic carbocycles. The highest BCUT2D eigenvalue weighted by Crippen LogP contribution is 2.29.